The predicted molar refractivity (Wildman–Crippen MR) is 86.7 cm³/mol. The Morgan fingerprint density at radius 3 is 2.13 bits per heavy atom. The maximum Gasteiger partial charge on any atom is 0.330 e. The average molecular weight is 308 g/mol. The molecule has 2 unspecified atom stereocenters. The average Bonchev–Trinajstić information content (AvgIpc) is 3.00. The number of hydrogen-bond acceptors (Lipinski definition) is 4. The van der Waals surface area contributed by atoms with Gasteiger partial charge in [0.25, 0.3) is 0 Å². The van der Waals surface area contributed by atoms with Crippen LogP contribution in [0.25, 0.3) is 0 Å². The van der Waals surface area contributed by atoms with Crippen LogP contribution in [0, 0.1) is 5.92 Å². The van der Waals surface area contributed by atoms with Gasteiger partial charge in [0.15, 0.2) is 0 Å². The lowest BCUT2D eigenvalue weighted by Gasteiger charge is -2.36. The van der Waals surface area contributed by atoms with E-state index in [9.17, 15) is 9.59 Å². The van der Waals surface area contributed by atoms with Crippen molar-refractivity contribution >= 4 is 23.3 Å². The van der Waals surface area contributed by atoms with Gasteiger partial charge < -0.3 is 5.32 Å². The second kappa shape index (κ2) is 5.40. The van der Waals surface area contributed by atoms with Gasteiger partial charge in [0.2, 0.25) is 5.91 Å². The Bertz CT molecular complexity index is 735. The molecule has 6 heteroatoms. The molecule has 4 rings (SSSR count). The van der Waals surface area contributed by atoms with Gasteiger partial charge in [0.05, 0.1) is 17.3 Å². The van der Waals surface area contributed by atoms with Crippen LogP contribution >= 0.6 is 0 Å². The van der Waals surface area contributed by atoms with Crippen LogP contribution in [-0.2, 0) is 4.79 Å². The third-order valence-corrected chi connectivity index (χ3v) is 4.20. The van der Waals surface area contributed by atoms with E-state index < -0.39 is 6.03 Å². The number of nitrogens with one attached hydrogen (secondary N) is 2. The zero-order valence-corrected chi connectivity index (χ0v) is 12.3. The normalized spacial score (nSPS) is 23.7. The highest BCUT2D eigenvalue weighted by atomic mass is 16.2. The molecule has 6 nitrogen and oxygen atoms in total. The Morgan fingerprint density at radius 1 is 0.870 bits per heavy atom. The molecular weight excluding hydrogens is 292 g/mol. The van der Waals surface area contributed by atoms with Gasteiger partial charge in [-0.3, -0.25) is 9.80 Å². The fourth-order valence-electron chi connectivity index (χ4n) is 3.09. The number of imide groups is 1. The van der Waals surface area contributed by atoms with E-state index in [1.807, 2.05) is 53.5 Å². The number of urea groups is 1. The number of nitrogens with zero attached hydrogens (tertiary/aromatic N) is 2. The van der Waals surface area contributed by atoms with Gasteiger partial charge in [-0.05, 0) is 24.3 Å². The third-order valence-electron chi connectivity index (χ3n) is 4.20. The largest absolute Gasteiger partial charge is 0.330 e. The van der Waals surface area contributed by atoms with Gasteiger partial charge in [-0.1, -0.05) is 36.4 Å². The van der Waals surface area contributed by atoms with Crippen molar-refractivity contribution < 1.29 is 9.59 Å². The van der Waals surface area contributed by atoms with Crippen LogP contribution in [-0.4, -0.2) is 24.6 Å². The Balaban J connectivity index is 1.63. The van der Waals surface area contributed by atoms with E-state index in [2.05, 4.69) is 10.7 Å². The summed E-state index contributed by atoms with van der Waals surface area (Å²) in [7, 11) is 0. The van der Waals surface area contributed by atoms with E-state index in [1.54, 1.807) is 12.1 Å². The van der Waals surface area contributed by atoms with Gasteiger partial charge >= 0.3 is 6.03 Å². The monoisotopic (exact) mass is 308 g/mol. The van der Waals surface area contributed by atoms with Crippen molar-refractivity contribution in [2.45, 2.75) is 6.17 Å². The number of amides is 3. The first-order chi connectivity index (χ1) is 11.3. The van der Waals surface area contributed by atoms with Gasteiger partial charge in [0, 0.05) is 6.54 Å². The Hall–Kier alpha value is -2.86. The molecule has 0 aliphatic carbocycles. The van der Waals surface area contributed by atoms with Crippen molar-refractivity contribution in [3.05, 3.63) is 60.7 Å². The van der Waals surface area contributed by atoms with Crippen molar-refractivity contribution in [2.24, 2.45) is 5.92 Å². The van der Waals surface area contributed by atoms with Gasteiger partial charge in [-0.2, -0.15) is 0 Å². The molecule has 2 fully saturated rings. The molecule has 2 aromatic carbocycles. The third kappa shape index (κ3) is 2.24. The molecule has 0 saturated carbocycles. The minimum absolute atomic E-state index is 0.184. The molecule has 0 spiro atoms. The molecule has 2 saturated heterocycles. The molecule has 2 atom stereocenters. The lowest BCUT2D eigenvalue weighted by Crippen LogP contribution is -2.63. The Labute approximate surface area is 133 Å². The highest BCUT2D eigenvalue weighted by molar-refractivity contribution is 6.17. The molecule has 0 aromatic heterocycles. The molecule has 2 aliphatic rings. The highest BCUT2D eigenvalue weighted by Crippen LogP contribution is 2.29. The quantitative estimate of drug-likeness (QED) is 0.886. The zero-order chi connectivity index (χ0) is 15.8. The maximum atomic E-state index is 12.8. The number of carbonyl (C=O) groups is 2. The summed E-state index contributed by atoms with van der Waals surface area (Å²) in [5.74, 6) is -0.510. The standard InChI is InChI=1S/C17H16N4O2/c22-16-14-11-18-21(13-9-5-2-6-10-13)15(14)19-17(23)20(16)12-7-3-1-4-8-12/h1-10,14-15,18H,11H2,(H,19,23). The number of para-hydroxylation sites is 2. The van der Waals surface area contributed by atoms with Crippen LogP contribution in [0.2, 0.25) is 0 Å². The molecule has 2 heterocycles. The first kappa shape index (κ1) is 13.8. The fourth-order valence-corrected chi connectivity index (χ4v) is 3.09. The molecule has 23 heavy (non-hydrogen) atoms. The van der Waals surface area contributed by atoms with E-state index in [1.165, 1.54) is 4.90 Å². The number of carbonyl (C=O) groups excluding carboxylic acids is 2. The van der Waals surface area contributed by atoms with Crippen LogP contribution in [0.15, 0.2) is 60.7 Å². The van der Waals surface area contributed by atoms with Crippen molar-refractivity contribution in [3.8, 4) is 0 Å². The summed E-state index contributed by atoms with van der Waals surface area (Å²) in [4.78, 5) is 26.5. The van der Waals surface area contributed by atoms with Gasteiger partial charge in [-0.15, -0.1) is 0 Å². The van der Waals surface area contributed by atoms with E-state index in [4.69, 9.17) is 0 Å². The smallest absolute Gasteiger partial charge is 0.315 e. The fraction of sp³-hybridized carbons (Fsp3) is 0.176. The van der Waals surface area contributed by atoms with E-state index in [-0.39, 0.29) is 18.0 Å². The molecular formula is C17H16N4O2. The number of rotatable bonds is 2. The molecule has 2 aliphatic heterocycles. The number of hydrazine groups is 1. The summed E-state index contributed by atoms with van der Waals surface area (Å²) in [5.41, 5.74) is 4.72. The van der Waals surface area contributed by atoms with Crippen LogP contribution in [0.4, 0.5) is 16.2 Å². The lowest BCUT2D eigenvalue weighted by molar-refractivity contribution is -0.122. The second-order valence-corrected chi connectivity index (χ2v) is 5.58. The minimum atomic E-state index is -0.396. The molecule has 2 aromatic rings. The predicted octanol–water partition coefficient (Wildman–Crippen LogP) is 1.71. The van der Waals surface area contributed by atoms with Crippen LogP contribution in [0.5, 0.6) is 0 Å². The Morgan fingerprint density at radius 2 is 1.48 bits per heavy atom. The van der Waals surface area contributed by atoms with Crippen molar-refractivity contribution in [1.29, 1.82) is 0 Å². The van der Waals surface area contributed by atoms with Crippen molar-refractivity contribution in [1.82, 2.24) is 10.7 Å². The summed E-state index contributed by atoms with van der Waals surface area (Å²) < 4.78 is 0. The summed E-state index contributed by atoms with van der Waals surface area (Å²) in [6.07, 6.45) is -0.377. The Kier molecular flexibility index (Phi) is 3.24. The molecule has 116 valence electrons. The molecule has 2 N–H and O–H groups in total. The topological polar surface area (TPSA) is 64.7 Å². The summed E-state index contributed by atoms with van der Waals surface area (Å²) in [5, 5.41) is 4.79. The highest BCUT2D eigenvalue weighted by Gasteiger charge is 2.48. The summed E-state index contributed by atoms with van der Waals surface area (Å²) >= 11 is 0. The summed E-state index contributed by atoms with van der Waals surface area (Å²) in [6, 6.07) is 18.3. The second-order valence-electron chi connectivity index (χ2n) is 5.58. The zero-order valence-electron chi connectivity index (χ0n) is 12.3. The molecule has 0 bridgehead atoms. The van der Waals surface area contributed by atoms with Crippen LogP contribution in [0.3, 0.4) is 0 Å². The maximum absolute atomic E-state index is 12.8. The summed E-state index contributed by atoms with van der Waals surface area (Å²) in [6.45, 7) is 0.488. The lowest BCUT2D eigenvalue weighted by atomic mass is 10.0. The number of hydrogen-bond donors (Lipinski definition) is 2. The van der Waals surface area contributed by atoms with Gasteiger partial charge in [-0.25, -0.2) is 15.1 Å². The van der Waals surface area contributed by atoms with Crippen molar-refractivity contribution in [3.63, 3.8) is 0 Å². The van der Waals surface area contributed by atoms with E-state index in [0.717, 1.165) is 5.69 Å². The SMILES string of the molecule is O=C1NC2C(CNN2c2ccccc2)C(=O)N1c1ccccc1. The number of benzene rings is 2. The minimum Gasteiger partial charge on any atom is -0.315 e. The van der Waals surface area contributed by atoms with Crippen molar-refractivity contribution in [2.75, 3.05) is 16.5 Å². The first-order valence-electron chi connectivity index (χ1n) is 7.53. The van der Waals surface area contributed by atoms with E-state index >= 15 is 0 Å². The number of fused-ring (bicyclic) bond motifs is 1. The number of anilines is 2. The molecule has 3 amide bonds. The van der Waals surface area contributed by atoms with E-state index in [0.29, 0.717) is 12.2 Å². The van der Waals surface area contributed by atoms with Crippen LogP contribution in [0.1, 0.15) is 0 Å². The van der Waals surface area contributed by atoms with Gasteiger partial charge in [0.1, 0.15) is 6.17 Å². The first-order valence-corrected chi connectivity index (χ1v) is 7.53. The van der Waals surface area contributed by atoms with Crippen LogP contribution < -0.4 is 20.7 Å². The molecule has 0 radical (unpaired) electrons.